The predicted molar refractivity (Wildman–Crippen MR) is 129 cm³/mol. The lowest BCUT2D eigenvalue weighted by atomic mass is 10.0. The highest BCUT2D eigenvalue weighted by Crippen LogP contribution is 2.42. The second-order valence-electron chi connectivity index (χ2n) is 7.90. The molecule has 2 aliphatic heterocycles. The standard InChI is InChI=1S/C19H18BrF3N6O4S3/c1-6-10(20)13(19(21,22)23)27-29(6)7(2)14(30)24-11-15(31)28-12(17(32)33)9(4-34-16(11)28)5-35-18-26-25-8(3)36-18/h7,11,16H,4-5H2,1-3H3,(H,24,30)(H,32,33)/t7-,11+,16-/m1/s1. The lowest BCUT2D eigenvalue weighted by Gasteiger charge is -2.49. The number of rotatable bonds is 7. The van der Waals surface area contributed by atoms with E-state index in [1.165, 1.54) is 48.7 Å². The van der Waals surface area contributed by atoms with E-state index >= 15 is 0 Å². The third-order valence-electron chi connectivity index (χ3n) is 5.52. The number of carboxylic acid groups (broad SMARTS) is 1. The normalized spacial score (nSPS) is 20.8. The number of aliphatic carboxylic acids is 1. The van der Waals surface area contributed by atoms with E-state index in [2.05, 4.69) is 36.5 Å². The highest BCUT2D eigenvalue weighted by Gasteiger charge is 2.54. The average Bonchev–Trinajstić information content (AvgIpc) is 3.36. The molecule has 194 valence electrons. The van der Waals surface area contributed by atoms with Crippen LogP contribution in [-0.2, 0) is 20.6 Å². The molecule has 36 heavy (non-hydrogen) atoms. The zero-order valence-electron chi connectivity index (χ0n) is 18.8. The van der Waals surface area contributed by atoms with Crippen LogP contribution in [0, 0.1) is 13.8 Å². The van der Waals surface area contributed by atoms with Gasteiger partial charge in [-0.15, -0.1) is 22.0 Å². The summed E-state index contributed by atoms with van der Waals surface area (Å²) >= 11 is 6.88. The summed E-state index contributed by atoms with van der Waals surface area (Å²) in [5.74, 6) is -1.94. The molecule has 0 radical (unpaired) electrons. The van der Waals surface area contributed by atoms with Crippen LogP contribution in [-0.4, -0.2) is 70.7 Å². The van der Waals surface area contributed by atoms with Crippen molar-refractivity contribution >= 4 is 68.6 Å². The summed E-state index contributed by atoms with van der Waals surface area (Å²) < 4.78 is 40.9. The Balaban J connectivity index is 1.47. The molecular formula is C19H18BrF3N6O4S3. The smallest absolute Gasteiger partial charge is 0.436 e. The molecule has 10 nitrogen and oxygen atoms in total. The Kier molecular flexibility index (Phi) is 7.47. The average molecular weight is 627 g/mol. The maximum Gasteiger partial charge on any atom is 0.436 e. The molecule has 0 aliphatic carbocycles. The van der Waals surface area contributed by atoms with Gasteiger partial charge >= 0.3 is 12.1 Å². The first-order chi connectivity index (χ1) is 16.8. The van der Waals surface area contributed by atoms with E-state index in [9.17, 15) is 32.7 Å². The number of nitrogens with one attached hydrogen (secondary N) is 1. The summed E-state index contributed by atoms with van der Waals surface area (Å²) in [5, 5.41) is 23.9. The maximum atomic E-state index is 13.2. The highest BCUT2D eigenvalue weighted by atomic mass is 79.9. The molecule has 17 heteroatoms. The summed E-state index contributed by atoms with van der Waals surface area (Å²) in [5.41, 5.74) is -0.636. The molecule has 0 aromatic carbocycles. The molecule has 2 N–H and O–H groups in total. The first-order valence-electron chi connectivity index (χ1n) is 10.3. The van der Waals surface area contributed by atoms with Crippen LogP contribution in [0.3, 0.4) is 0 Å². The van der Waals surface area contributed by atoms with Gasteiger partial charge in [0.05, 0.1) is 10.2 Å². The number of aromatic nitrogens is 4. The number of hydrogen-bond acceptors (Lipinski definition) is 9. The number of carboxylic acids is 1. The number of thioether (sulfide) groups is 2. The highest BCUT2D eigenvalue weighted by molar-refractivity contribution is 9.10. The third-order valence-corrected chi connectivity index (χ3v) is 9.86. The van der Waals surface area contributed by atoms with Gasteiger partial charge < -0.3 is 10.4 Å². The van der Waals surface area contributed by atoms with Crippen LogP contribution in [0.4, 0.5) is 13.2 Å². The second kappa shape index (κ2) is 9.98. The van der Waals surface area contributed by atoms with Gasteiger partial charge in [0.1, 0.15) is 28.2 Å². The third kappa shape index (κ3) is 4.89. The van der Waals surface area contributed by atoms with Crippen molar-refractivity contribution < 1.29 is 32.7 Å². The van der Waals surface area contributed by atoms with Crippen molar-refractivity contribution in [3.63, 3.8) is 0 Å². The lowest BCUT2D eigenvalue weighted by molar-refractivity contribution is -0.151. The minimum atomic E-state index is -4.71. The molecule has 4 heterocycles. The molecule has 2 aliphatic rings. The van der Waals surface area contributed by atoms with Gasteiger partial charge in [-0.05, 0) is 42.3 Å². The van der Waals surface area contributed by atoms with E-state index in [-0.39, 0.29) is 15.9 Å². The van der Waals surface area contributed by atoms with Crippen LogP contribution >= 0.6 is 50.8 Å². The molecular weight excluding hydrogens is 609 g/mol. The molecule has 2 aromatic heterocycles. The Bertz CT molecular complexity index is 1280. The Hall–Kier alpha value is -2.11. The van der Waals surface area contributed by atoms with Gasteiger partial charge in [0.2, 0.25) is 5.91 Å². The van der Waals surface area contributed by atoms with Crippen molar-refractivity contribution in [1.29, 1.82) is 0 Å². The molecule has 0 bridgehead atoms. The quantitative estimate of drug-likeness (QED) is 0.351. The second-order valence-corrected chi connectivity index (χ2v) is 12.2. The fourth-order valence-electron chi connectivity index (χ4n) is 3.72. The van der Waals surface area contributed by atoms with E-state index < -0.39 is 47.1 Å². The molecule has 1 saturated heterocycles. The van der Waals surface area contributed by atoms with E-state index in [1.54, 1.807) is 6.92 Å². The Morgan fingerprint density at radius 3 is 2.58 bits per heavy atom. The Labute approximate surface area is 223 Å². The fourth-order valence-corrected chi connectivity index (χ4v) is 7.51. The Morgan fingerprint density at radius 2 is 2.03 bits per heavy atom. The van der Waals surface area contributed by atoms with E-state index in [0.717, 1.165) is 14.6 Å². The van der Waals surface area contributed by atoms with E-state index in [0.29, 0.717) is 21.4 Å². The number of alkyl halides is 3. The van der Waals surface area contributed by atoms with Crippen LogP contribution < -0.4 is 5.32 Å². The Morgan fingerprint density at radius 1 is 1.33 bits per heavy atom. The van der Waals surface area contributed by atoms with Crippen molar-refractivity contribution in [2.45, 2.75) is 48.7 Å². The summed E-state index contributed by atoms with van der Waals surface area (Å²) in [6, 6.07) is -2.16. The number of aryl methyl sites for hydroxylation is 1. The van der Waals surface area contributed by atoms with Gasteiger partial charge in [-0.3, -0.25) is 19.2 Å². The van der Waals surface area contributed by atoms with Gasteiger partial charge in [-0.2, -0.15) is 18.3 Å². The van der Waals surface area contributed by atoms with Crippen molar-refractivity contribution in [3.05, 3.63) is 32.1 Å². The number of fused-ring (bicyclic) bond motifs is 1. The number of carbonyl (C=O) groups is 3. The van der Waals surface area contributed by atoms with Crippen molar-refractivity contribution in [3.8, 4) is 0 Å². The molecule has 4 rings (SSSR count). The van der Waals surface area contributed by atoms with Crippen LogP contribution in [0.5, 0.6) is 0 Å². The summed E-state index contributed by atoms with van der Waals surface area (Å²) in [6.45, 7) is 4.56. The minimum absolute atomic E-state index is 0.0995. The van der Waals surface area contributed by atoms with Crippen molar-refractivity contribution in [2.75, 3.05) is 11.5 Å². The molecule has 0 saturated carbocycles. The van der Waals surface area contributed by atoms with Gasteiger partial charge in [-0.1, -0.05) is 23.1 Å². The summed E-state index contributed by atoms with van der Waals surface area (Å²) in [7, 11) is 0. The van der Waals surface area contributed by atoms with E-state index in [4.69, 9.17) is 0 Å². The van der Waals surface area contributed by atoms with Crippen LogP contribution in [0.25, 0.3) is 0 Å². The fraction of sp³-hybridized carbons (Fsp3) is 0.474. The maximum absolute atomic E-state index is 13.2. The number of β-lactam (4-membered cyclic amide) rings is 1. The van der Waals surface area contributed by atoms with Gasteiger partial charge in [0.15, 0.2) is 10.0 Å². The minimum Gasteiger partial charge on any atom is -0.477 e. The number of hydrogen-bond donors (Lipinski definition) is 2. The van der Waals surface area contributed by atoms with Crippen molar-refractivity contribution in [1.82, 2.24) is 30.2 Å². The topological polar surface area (TPSA) is 130 Å². The molecule has 2 amide bonds. The first-order valence-corrected chi connectivity index (χ1v) is 13.9. The molecule has 1 fully saturated rings. The molecule has 0 unspecified atom stereocenters. The SMILES string of the molecule is Cc1nnc(SCC2=C(C(=O)O)N3C(=O)[C@H](NC(=O)[C@@H](C)n4nc(C(F)(F)F)c(Br)c4C)[C@H]3SC2)s1. The number of nitrogens with zero attached hydrogens (tertiary/aromatic N) is 5. The van der Waals surface area contributed by atoms with Gasteiger partial charge in [-0.25, -0.2) is 4.79 Å². The zero-order valence-corrected chi connectivity index (χ0v) is 22.8. The molecule has 3 atom stereocenters. The van der Waals surface area contributed by atoms with Crippen LogP contribution in [0.2, 0.25) is 0 Å². The monoisotopic (exact) mass is 626 g/mol. The van der Waals surface area contributed by atoms with E-state index in [1.807, 2.05) is 0 Å². The number of halogens is 4. The molecule has 0 spiro atoms. The van der Waals surface area contributed by atoms with Crippen LogP contribution in [0.1, 0.15) is 29.4 Å². The van der Waals surface area contributed by atoms with Gasteiger partial charge in [0, 0.05) is 11.5 Å². The lowest BCUT2D eigenvalue weighted by Crippen LogP contribution is -2.71. The number of carbonyl (C=O) groups excluding carboxylic acids is 2. The largest absolute Gasteiger partial charge is 0.477 e. The van der Waals surface area contributed by atoms with Crippen molar-refractivity contribution in [2.24, 2.45) is 0 Å². The first kappa shape index (κ1) is 26.9. The van der Waals surface area contributed by atoms with Crippen LogP contribution in [0.15, 0.2) is 20.1 Å². The zero-order chi connectivity index (χ0) is 26.5. The number of amides is 2. The summed E-state index contributed by atoms with van der Waals surface area (Å²) in [4.78, 5) is 38.9. The van der Waals surface area contributed by atoms with Gasteiger partial charge in [0.25, 0.3) is 5.91 Å². The predicted octanol–water partition coefficient (Wildman–Crippen LogP) is 3.22. The summed E-state index contributed by atoms with van der Waals surface area (Å²) in [6.07, 6.45) is -4.71. The molecule has 2 aromatic rings.